The number of carboxylic acid groups (broad SMARTS) is 1. The van der Waals surface area contributed by atoms with Crippen LogP contribution in [-0.2, 0) is 6.42 Å². The van der Waals surface area contributed by atoms with E-state index in [2.05, 4.69) is 10.1 Å². The summed E-state index contributed by atoms with van der Waals surface area (Å²) in [6, 6.07) is 8.28. The van der Waals surface area contributed by atoms with Gasteiger partial charge in [0.2, 0.25) is 5.92 Å². The number of hydrogen-bond donors (Lipinski definition) is 1. The van der Waals surface area contributed by atoms with Gasteiger partial charge < -0.3 is 5.11 Å². The van der Waals surface area contributed by atoms with E-state index in [0.717, 1.165) is 10.9 Å². The first-order valence-corrected chi connectivity index (χ1v) is 7.95. The minimum absolute atomic E-state index is 0.00728. The van der Waals surface area contributed by atoms with Crippen LogP contribution in [0.1, 0.15) is 28.8 Å². The maximum Gasteiger partial charge on any atom is 0.335 e. The first-order valence-electron chi connectivity index (χ1n) is 7.95. The Hall–Kier alpha value is -2.83. The van der Waals surface area contributed by atoms with E-state index in [1.807, 2.05) is 6.07 Å². The maximum atomic E-state index is 12.9. The molecule has 1 saturated carbocycles. The number of rotatable bonds is 4. The lowest BCUT2D eigenvalue weighted by molar-refractivity contribution is -0.109. The van der Waals surface area contributed by atoms with E-state index in [-0.39, 0.29) is 24.3 Å². The molecule has 0 atom stereocenters. The van der Waals surface area contributed by atoms with Crippen molar-refractivity contribution < 1.29 is 18.7 Å². The zero-order chi connectivity index (χ0) is 17.6. The second-order valence-electron chi connectivity index (χ2n) is 6.50. The summed E-state index contributed by atoms with van der Waals surface area (Å²) in [7, 11) is 0. The van der Waals surface area contributed by atoms with Crippen molar-refractivity contribution >= 4 is 17.0 Å². The van der Waals surface area contributed by atoms with E-state index in [4.69, 9.17) is 5.11 Å². The van der Waals surface area contributed by atoms with Crippen LogP contribution in [0.15, 0.2) is 42.7 Å². The summed E-state index contributed by atoms with van der Waals surface area (Å²) in [5.41, 5.74) is 2.48. The van der Waals surface area contributed by atoms with Gasteiger partial charge in [0.1, 0.15) is 0 Å². The van der Waals surface area contributed by atoms with Gasteiger partial charge in [-0.25, -0.2) is 23.2 Å². The molecular formula is C18H15F2N3O2. The highest BCUT2D eigenvalue weighted by Gasteiger charge is 2.44. The SMILES string of the molecule is O=C(O)c1ccc(-n2ncc3cc(CC4CC(F)(F)C4)cnc32)cc1. The summed E-state index contributed by atoms with van der Waals surface area (Å²) < 4.78 is 27.5. The molecule has 4 rings (SSSR count). The molecule has 3 aromatic rings. The van der Waals surface area contributed by atoms with Gasteiger partial charge >= 0.3 is 5.97 Å². The van der Waals surface area contributed by atoms with Gasteiger partial charge in [0.25, 0.3) is 0 Å². The first kappa shape index (κ1) is 15.7. The van der Waals surface area contributed by atoms with Crippen molar-refractivity contribution in [1.82, 2.24) is 14.8 Å². The highest BCUT2D eigenvalue weighted by Crippen LogP contribution is 2.43. The van der Waals surface area contributed by atoms with Crippen LogP contribution in [0.2, 0.25) is 0 Å². The fraction of sp³-hybridized carbons (Fsp3) is 0.278. The Kier molecular flexibility index (Phi) is 3.52. The maximum absolute atomic E-state index is 12.9. The molecule has 2 heterocycles. The Labute approximate surface area is 141 Å². The second kappa shape index (κ2) is 5.61. The highest BCUT2D eigenvalue weighted by molar-refractivity contribution is 5.87. The van der Waals surface area contributed by atoms with Crippen molar-refractivity contribution in [3.8, 4) is 5.69 Å². The quantitative estimate of drug-likeness (QED) is 0.784. The third-order valence-corrected chi connectivity index (χ3v) is 4.52. The van der Waals surface area contributed by atoms with Crippen molar-refractivity contribution in [3.63, 3.8) is 0 Å². The lowest BCUT2D eigenvalue weighted by Gasteiger charge is -2.34. The van der Waals surface area contributed by atoms with Gasteiger partial charge in [-0.2, -0.15) is 5.10 Å². The molecule has 0 aliphatic heterocycles. The van der Waals surface area contributed by atoms with E-state index in [1.165, 1.54) is 12.1 Å². The summed E-state index contributed by atoms with van der Waals surface area (Å²) in [4.78, 5) is 15.3. The fourth-order valence-corrected chi connectivity index (χ4v) is 3.28. The Morgan fingerprint density at radius 1 is 1.24 bits per heavy atom. The molecule has 1 aromatic carbocycles. The minimum Gasteiger partial charge on any atom is -0.478 e. The number of pyridine rings is 1. The van der Waals surface area contributed by atoms with Crippen molar-refractivity contribution in [3.05, 3.63) is 53.9 Å². The Morgan fingerprint density at radius 2 is 1.96 bits per heavy atom. The molecule has 1 fully saturated rings. The first-order chi connectivity index (χ1) is 11.9. The molecule has 0 spiro atoms. The number of carboxylic acids is 1. The van der Waals surface area contributed by atoms with E-state index in [9.17, 15) is 13.6 Å². The number of hydrogen-bond acceptors (Lipinski definition) is 3. The summed E-state index contributed by atoms with van der Waals surface area (Å²) in [5.74, 6) is -3.48. The van der Waals surface area contributed by atoms with Gasteiger partial charge in [0, 0.05) is 24.4 Å². The van der Waals surface area contributed by atoms with Crippen LogP contribution in [0.4, 0.5) is 8.78 Å². The van der Waals surface area contributed by atoms with Gasteiger partial charge in [-0.05, 0) is 48.2 Å². The Bertz CT molecular complexity index is 943. The van der Waals surface area contributed by atoms with Gasteiger partial charge in [0.05, 0.1) is 17.4 Å². The normalized spacial score (nSPS) is 16.7. The molecule has 2 aromatic heterocycles. The lowest BCUT2D eigenvalue weighted by atomic mass is 9.78. The van der Waals surface area contributed by atoms with Crippen LogP contribution < -0.4 is 0 Å². The molecule has 0 bridgehead atoms. The molecular weight excluding hydrogens is 328 g/mol. The van der Waals surface area contributed by atoms with Gasteiger partial charge in [0.15, 0.2) is 5.65 Å². The third kappa shape index (κ3) is 2.97. The summed E-state index contributed by atoms with van der Waals surface area (Å²) in [6.07, 6.45) is 3.85. The van der Waals surface area contributed by atoms with Crippen LogP contribution in [0.25, 0.3) is 16.7 Å². The predicted molar refractivity (Wildman–Crippen MR) is 87.2 cm³/mol. The highest BCUT2D eigenvalue weighted by atomic mass is 19.3. The number of carbonyl (C=O) groups is 1. The van der Waals surface area contributed by atoms with Gasteiger partial charge in [-0.1, -0.05) is 0 Å². The van der Waals surface area contributed by atoms with Crippen molar-refractivity contribution in [2.24, 2.45) is 5.92 Å². The summed E-state index contributed by atoms with van der Waals surface area (Å²) in [6.45, 7) is 0. The number of aromatic carboxylic acids is 1. The van der Waals surface area contributed by atoms with Crippen LogP contribution >= 0.6 is 0 Å². The topological polar surface area (TPSA) is 68.0 Å². The lowest BCUT2D eigenvalue weighted by Crippen LogP contribution is -2.36. The second-order valence-corrected chi connectivity index (χ2v) is 6.50. The van der Waals surface area contributed by atoms with E-state index < -0.39 is 11.9 Å². The smallest absolute Gasteiger partial charge is 0.335 e. The number of benzene rings is 1. The molecule has 5 nitrogen and oxygen atoms in total. The predicted octanol–water partition coefficient (Wildman–Crippen LogP) is 3.71. The van der Waals surface area contributed by atoms with Crippen molar-refractivity contribution in [1.29, 1.82) is 0 Å². The van der Waals surface area contributed by atoms with Gasteiger partial charge in [-0.15, -0.1) is 0 Å². The largest absolute Gasteiger partial charge is 0.478 e. The van der Waals surface area contributed by atoms with E-state index in [1.54, 1.807) is 29.2 Å². The summed E-state index contributed by atoms with van der Waals surface area (Å²) >= 11 is 0. The van der Waals surface area contributed by atoms with Crippen LogP contribution in [0.5, 0.6) is 0 Å². The van der Waals surface area contributed by atoms with Crippen LogP contribution in [-0.4, -0.2) is 31.8 Å². The molecule has 25 heavy (non-hydrogen) atoms. The molecule has 0 saturated heterocycles. The number of nitrogens with zero attached hydrogens (tertiary/aromatic N) is 3. The zero-order valence-electron chi connectivity index (χ0n) is 13.2. The van der Waals surface area contributed by atoms with Crippen LogP contribution in [0.3, 0.4) is 0 Å². The molecule has 0 unspecified atom stereocenters. The van der Waals surface area contributed by atoms with Crippen molar-refractivity contribution in [2.45, 2.75) is 25.2 Å². The molecule has 0 amide bonds. The van der Waals surface area contributed by atoms with Gasteiger partial charge in [-0.3, -0.25) is 0 Å². The zero-order valence-corrected chi connectivity index (χ0v) is 13.2. The fourth-order valence-electron chi connectivity index (χ4n) is 3.28. The average Bonchev–Trinajstić information content (AvgIpc) is 2.96. The van der Waals surface area contributed by atoms with E-state index in [0.29, 0.717) is 17.8 Å². The molecule has 1 N–H and O–H groups in total. The van der Waals surface area contributed by atoms with E-state index >= 15 is 0 Å². The monoisotopic (exact) mass is 343 g/mol. The molecule has 7 heteroatoms. The summed E-state index contributed by atoms with van der Waals surface area (Å²) in [5, 5.41) is 14.1. The third-order valence-electron chi connectivity index (χ3n) is 4.52. The van der Waals surface area contributed by atoms with Crippen molar-refractivity contribution in [2.75, 3.05) is 0 Å². The number of aromatic nitrogens is 3. The molecule has 128 valence electrons. The Balaban J connectivity index is 1.58. The molecule has 1 aliphatic rings. The Morgan fingerprint density at radius 3 is 2.60 bits per heavy atom. The number of fused-ring (bicyclic) bond motifs is 1. The molecule has 1 aliphatic carbocycles. The number of halogens is 2. The average molecular weight is 343 g/mol. The molecule has 0 radical (unpaired) electrons. The number of alkyl halides is 2. The standard InChI is InChI=1S/C18H15F2N3O2/c19-18(20)7-12(8-18)5-11-6-14-10-22-23(16(14)21-9-11)15-3-1-13(2-4-15)17(24)25/h1-4,6,9-10,12H,5,7-8H2,(H,24,25). The minimum atomic E-state index is -2.50. The van der Waals surface area contributed by atoms with Crippen LogP contribution in [0, 0.1) is 5.92 Å².